The predicted octanol–water partition coefficient (Wildman–Crippen LogP) is 4.56. The molecule has 31 heavy (non-hydrogen) atoms. The maximum atomic E-state index is 6.33. The summed E-state index contributed by atoms with van der Waals surface area (Å²) >= 11 is 0. The van der Waals surface area contributed by atoms with Crippen LogP contribution in [0.2, 0.25) is 0 Å². The summed E-state index contributed by atoms with van der Waals surface area (Å²) < 4.78 is 6.33. The average Bonchev–Trinajstić information content (AvgIpc) is 3.31. The van der Waals surface area contributed by atoms with Gasteiger partial charge in [0.1, 0.15) is 0 Å². The van der Waals surface area contributed by atoms with Gasteiger partial charge in [-0.15, -0.1) is 10.2 Å². The van der Waals surface area contributed by atoms with E-state index in [1.807, 2.05) is 72.8 Å². The Balaban J connectivity index is 1.83. The van der Waals surface area contributed by atoms with E-state index >= 15 is 0 Å². The van der Waals surface area contributed by atoms with Crippen molar-refractivity contribution in [2.24, 2.45) is 0 Å². The van der Waals surface area contributed by atoms with E-state index in [1.54, 1.807) is 0 Å². The maximum Gasteiger partial charge on any atom is 0.249 e. The fourth-order valence-electron chi connectivity index (χ4n) is 3.67. The SMILES string of the molecule is c1ccc(C(c2ccccc2)=c2nnc(=C(c3ccccc3)c3ccccc3)o2)cc1. The van der Waals surface area contributed by atoms with Crippen LogP contribution in [0.25, 0.3) is 11.1 Å². The Morgan fingerprint density at radius 2 is 0.645 bits per heavy atom. The molecule has 0 saturated heterocycles. The molecule has 0 aliphatic rings. The minimum Gasteiger partial charge on any atom is -0.416 e. The number of rotatable bonds is 4. The van der Waals surface area contributed by atoms with E-state index in [1.165, 1.54) is 0 Å². The number of aromatic nitrogens is 2. The predicted molar refractivity (Wildman–Crippen MR) is 123 cm³/mol. The molecule has 148 valence electrons. The zero-order chi connectivity index (χ0) is 20.9. The van der Waals surface area contributed by atoms with Crippen LogP contribution in [0.3, 0.4) is 0 Å². The lowest BCUT2D eigenvalue weighted by atomic mass is 9.99. The molecular formula is C28H20N2O. The van der Waals surface area contributed by atoms with E-state index in [0.29, 0.717) is 11.1 Å². The molecule has 0 aliphatic heterocycles. The van der Waals surface area contributed by atoms with Gasteiger partial charge in [0, 0.05) is 0 Å². The van der Waals surface area contributed by atoms with Crippen molar-refractivity contribution in [3.63, 3.8) is 0 Å². The van der Waals surface area contributed by atoms with Crippen molar-refractivity contribution in [2.45, 2.75) is 0 Å². The summed E-state index contributed by atoms with van der Waals surface area (Å²) in [5, 5.41) is 8.93. The third-order valence-corrected chi connectivity index (χ3v) is 5.10. The molecule has 0 radical (unpaired) electrons. The molecule has 0 bridgehead atoms. The van der Waals surface area contributed by atoms with Crippen molar-refractivity contribution in [2.75, 3.05) is 0 Å². The van der Waals surface area contributed by atoms with E-state index in [2.05, 4.69) is 58.7 Å². The maximum absolute atomic E-state index is 6.33. The Morgan fingerprint density at radius 1 is 0.387 bits per heavy atom. The molecule has 0 fully saturated rings. The molecule has 0 amide bonds. The van der Waals surface area contributed by atoms with E-state index in [9.17, 15) is 0 Å². The second-order valence-electron chi connectivity index (χ2n) is 7.13. The summed E-state index contributed by atoms with van der Waals surface area (Å²) in [7, 11) is 0. The first-order valence-corrected chi connectivity index (χ1v) is 10.2. The molecule has 0 spiro atoms. The lowest BCUT2D eigenvalue weighted by Crippen LogP contribution is -2.12. The average molecular weight is 400 g/mol. The number of hydrogen-bond donors (Lipinski definition) is 0. The summed E-state index contributed by atoms with van der Waals surface area (Å²) in [6.45, 7) is 0. The highest BCUT2D eigenvalue weighted by molar-refractivity contribution is 5.79. The van der Waals surface area contributed by atoms with Crippen molar-refractivity contribution >= 4 is 11.1 Å². The van der Waals surface area contributed by atoms with Crippen LogP contribution in [0.5, 0.6) is 0 Å². The normalized spacial score (nSPS) is 10.6. The molecule has 1 aromatic heterocycles. The van der Waals surface area contributed by atoms with Crippen LogP contribution in [0.4, 0.5) is 0 Å². The topological polar surface area (TPSA) is 38.9 Å². The molecule has 3 heteroatoms. The largest absolute Gasteiger partial charge is 0.416 e. The van der Waals surface area contributed by atoms with E-state index in [-0.39, 0.29) is 0 Å². The fraction of sp³-hybridized carbons (Fsp3) is 0. The quantitative estimate of drug-likeness (QED) is 0.444. The standard InChI is InChI=1S/C28H20N2O/c1-5-13-21(14-6-1)25(22-15-7-2-8-16-22)27-29-30-28(31-27)26(23-17-9-3-10-18-23)24-19-11-4-12-20-24/h1-20H. The van der Waals surface area contributed by atoms with Crippen molar-refractivity contribution in [3.8, 4) is 0 Å². The van der Waals surface area contributed by atoms with Crippen LogP contribution >= 0.6 is 0 Å². The van der Waals surface area contributed by atoms with Gasteiger partial charge in [0.05, 0.1) is 11.1 Å². The van der Waals surface area contributed by atoms with Crippen LogP contribution in [-0.4, -0.2) is 10.2 Å². The van der Waals surface area contributed by atoms with Gasteiger partial charge in [-0.3, -0.25) is 0 Å². The first kappa shape index (κ1) is 18.8. The zero-order valence-electron chi connectivity index (χ0n) is 16.8. The Hall–Kier alpha value is -4.24. The number of hydrogen-bond acceptors (Lipinski definition) is 3. The van der Waals surface area contributed by atoms with Gasteiger partial charge in [-0.1, -0.05) is 121 Å². The molecule has 0 saturated carbocycles. The smallest absolute Gasteiger partial charge is 0.249 e. The minimum absolute atomic E-state index is 0.497. The van der Waals surface area contributed by atoms with Gasteiger partial charge in [-0.2, -0.15) is 0 Å². The first-order chi connectivity index (χ1) is 15.4. The van der Waals surface area contributed by atoms with Gasteiger partial charge in [-0.25, -0.2) is 0 Å². The summed E-state index contributed by atoms with van der Waals surface area (Å²) in [6, 6.07) is 40.6. The van der Waals surface area contributed by atoms with Gasteiger partial charge in [-0.05, 0) is 22.3 Å². The summed E-state index contributed by atoms with van der Waals surface area (Å²) in [5.41, 5.74) is 6.96. The van der Waals surface area contributed by atoms with Crippen LogP contribution in [-0.2, 0) is 0 Å². The molecule has 1 heterocycles. The van der Waals surface area contributed by atoms with Crippen LogP contribution < -0.4 is 11.1 Å². The molecule has 5 aromatic rings. The minimum atomic E-state index is 0.497. The fourth-order valence-corrected chi connectivity index (χ4v) is 3.67. The highest BCUT2D eigenvalue weighted by Crippen LogP contribution is 2.21. The number of nitrogens with zero attached hydrogens (tertiary/aromatic N) is 2. The lowest BCUT2D eigenvalue weighted by molar-refractivity contribution is 0.482. The van der Waals surface area contributed by atoms with Gasteiger partial charge in [0.25, 0.3) is 0 Å². The molecule has 0 N–H and O–H groups in total. The van der Waals surface area contributed by atoms with E-state index < -0.39 is 0 Å². The number of benzene rings is 4. The van der Waals surface area contributed by atoms with Crippen LogP contribution in [0.1, 0.15) is 22.3 Å². The Labute approximate surface area is 180 Å². The Morgan fingerprint density at radius 3 is 0.903 bits per heavy atom. The van der Waals surface area contributed by atoms with Gasteiger partial charge >= 0.3 is 0 Å². The zero-order valence-corrected chi connectivity index (χ0v) is 16.8. The van der Waals surface area contributed by atoms with Gasteiger partial charge in [0.15, 0.2) is 0 Å². The second-order valence-corrected chi connectivity index (χ2v) is 7.13. The van der Waals surface area contributed by atoms with Crippen LogP contribution in [0.15, 0.2) is 126 Å². The Bertz CT molecular complexity index is 1200. The molecular weight excluding hydrogens is 380 g/mol. The van der Waals surface area contributed by atoms with Crippen molar-refractivity contribution < 1.29 is 4.42 Å². The molecule has 0 unspecified atom stereocenters. The van der Waals surface area contributed by atoms with Crippen LogP contribution in [0, 0.1) is 0 Å². The second kappa shape index (κ2) is 8.64. The highest BCUT2D eigenvalue weighted by atomic mass is 16.4. The van der Waals surface area contributed by atoms with Gasteiger partial charge < -0.3 is 4.42 Å². The molecule has 0 aliphatic carbocycles. The molecule has 3 nitrogen and oxygen atoms in total. The molecule has 0 atom stereocenters. The Kier molecular flexibility index (Phi) is 5.23. The molecule has 4 aromatic carbocycles. The molecule has 5 rings (SSSR count). The third-order valence-electron chi connectivity index (χ3n) is 5.10. The van der Waals surface area contributed by atoms with E-state index in [0.717, 1.165) is 33.4 Å². The highest BCUT2D eigenvalue weighted by Gasteiger charge is 2.13. The third kappa shape index (κ3) is 3.94. The summed E-state index contributed by atoms with van der Waals surface area (Å²) in [5.74, 6) is 0. The van der Waals surface area contributed by atoms with Crippen molar-refractivity contribution in [3.05, 3.63) is 155 Å². The van der Waals surface area contributed by atoms with Crippen molar-refractivity contribution in [1.29, 1.82) is 0 Å². The van der Waals surface area contributed by atoms with Gasteiger partial charge in [0.2, 0.25) is 11.1 Å². The van der Waals surface area contributed by atoms with E-state index in [4.69, 9.17) is 4.42 Å². The summed E-state index contributed by atoms with van der Waals surface area (Å²) in [4.78, 5) is 0. The van der Waals surface area contributed by atoms with Crippen molar-refractivity contribution in [1.82, 2.24) is 10.2 Å². The first-order valence-electron chi connectivity index (χ1n) is 10.2. The summed E-state index contributed by atoms with van der Waals surface area (Å²) in [6.07, 6.45) is 0. The monoisotopic (exact) mass is 400 g/mol. The lowest BCUT2D eigenvalue weighted by Gasteiger charge is -2.06.